The molecule has 1 saturated heterocycles. The lowest BCUT2D eigenvalue weighted by atomic mass is 9.96. The van der Waals surface area contributed by atoms with Gasteiger partial charge in [0.15, 0.2) is 0 Å². The van der Waals surface area contributed by atoms with Gasteiger partial charge in [-0.15, -0.1) is 0 Å². The molecule has 2 aromatic rings. The average molecular weight is 414 g/mol. The van der Waals surface area contributed by atoms with Gasteiger partial charge in [0.1, 0.15) is 5.82 Å². The van der Waals surface area contributed by atoms with E-state index >= 15 is 0 Å². The zero-order valence-electron chi connectivity index (χ0n) is 16.9. The van der Waals surface area contributed by atoms with Gasteiger partial charge in [0.25, 0.3) is 5.91 Å². The lowest BCUT2D eigenvalue weighted by Gasteiger charge is -2.35. The van der Waals surface area contributed by atoms with Gasteiger partial charge in [0.2, 0.25) is 5.95 Å². The average Bonchev–Trinajstić information content (AvgIpc) is 2.74. The molecule has 4 rings (SSSR count). The molecule has 0 unspecified atom stereocenters. The highest BCUT2D eigenvalue weighted by atomic mass is 35.5. The molecule has 154 valence electrons. The number of hydrogen-bond acceptors (Lipinski definition) is 5. The van der Waals surface area contributed by atoms with Crippen LogP contribution in [0.3, 0.4) is 0 Å². The van der Waals surface area contributed by atoms with Crippen LogP contribution in [0.1, 0.15) is 48.2 Å². The Balaban J connectivity index is 1.40. The van der Waals surface area contributed by atoms with Gasteiger partial charge < -0.3 is 15.1 Å². The third-order valence-electron chi connectivity index (χ3n) is 5.77. The number of rotatable bonds is 4. The van der Waals surface area contributed by atoms with Crippen molar-refractivity contribution in [3.63, 3.8) is 0 Å². The number of carbonyl (C=O) groups excluding carboxylic acids is 1. The second kappa shape index (κ2) is 8.99. The van der Waals surface area contributed by atoms with Crippen LogP contribution in [-0.2, 0) is 0 Å². The van der Waals surface area contributed by atoms with E-state index in [9.17, 15) is 4.79 Å². The highest BCUT2D eigenvalue weighted by Crippen LogP contribution is 2.23. The number of carbonyl (C=O) groups is 1. The Hall–Kier alpha value is -2.34. The molecule has 0 radical (unpaired) electrons. The molecule has 1 amide bonds. The molecule has 1 saturated carbocycles. The summed E-state index contributed by atoms with van der Waals surface area (Å²) in [6.45, 7) is 4.80. The summed E-state index contributed by atoms with van der Waals surface area (Å²) in [4.78, 5) is 26.2. The van der Waals surface area contributed by atoms with E-state index in [2.05, 4.69) is 15.2 Å². The number of nitrogens with one attached hydrogen (secondary N) is 1. The molecular formula is C22H28ClN5O. The Morgan fingerprint density at radius 2 is 1.79 bits per heavy atom. The second-order valence-corrected chi connectivity index (χ2v) is 8.34. The number of anilines is 2. The Morgan fingerprint density at radius 3 is 2.52 bits per heavy atom. The lowest BCUT2D eigenvalue weighted by molar-refractivity contribution is 0.0746. The number of amides is 1. The quantitative estimate of drug-likeness (QED) is 0.815. The number of aryl methyl sites for hydroxylation is 1. The largest absolute Gasteiger partial charge is 0.353 e. The molecule has 2 aliphatic rings. The molecule has 1 aliphatic carbocycles. The highest BCUT2D eigenvalue weighted by Gasteiger charge is 2.25. The highest BCUT2D eigenvalue weighted by molar-refractivity contribution is 6.33. The number of aromatic nitrogens is 2. The van der Waals surface area contributed by atoms with Crippen molar-refractivity contribution in [3.05, 3.63) is 46.6 Å². The molecule has 1 aliphatic heterocycles. The molecule has 1 N–H and O–H groups in total. The number of nitrogens with zero attached hydrogens (tertiary/aromatic N) is 4. The van der Waals surface area contributed by atoms with Gasteiger partial charge in [-0.25, -0.2) is 4.98 Å². The minimum atomic E-state index is -0.00577. The Kier molecular flexibility index (Phi) is 6.19. The van der Waals surface area contributed by atoms with Gasteiger partial charge in [-0.2, -0.15) is 4.98 Å². The van der Waals surface area contributed by atoms with Crippen molar-refractivity contribution in [3.8, 4) is 0 Å². The Bertz CT molecular complexity index is 860. The fraction of sp³-hybridized carbons (Fsp3) is 0.500. The van der Waals surface area contributed by atoms with Crippen molar-refractivity contribution >= 4 is 29.3 Å². The third kappa shape index (κ3) is 4.81. The standard InChI is InChI=1S/C22H28ClN5O/c1-16-15-20(26-22(24-16)25-17-7-3-2-4-8-17)27-11-13-28(14-12-27)21(29)18-9-5-6-10-19(18)23/h5-6,9-10,15,17H,2-4,7-8,11-14H2,1H3,(H,24,25,26). The first kappa shape index (κ1) is 20.0. The first-order valence-electron chi connectivity index (χ1n) is 10.5. The van der Waals surface area contributed by atoms with Gasteiger partial charge in [0.05, 0.1) is 10.6 Å². The maximum absolute atomic E-state index is 12.8. The van der Waals surface area contributed by atoms with Crippen LogP contribution in [0.4, 0.5) is 11.8 Å². The predicted molar refractivity (Wildman–Crippen MR) is 117 cm³/mol. The number of benzene rings is 1. The Morgan fingerprint density at radius 1 is 1.07 bits per heavy atom. The van der Waals surface area contributed by atoms with Gasteiger partial charge >= 0.3 is 0 Å². The van der Waals surface area contributed by atoms with Gasteiger partial charge in [0, 0.05) is 44.0 Å². The van der Waals surface area contributed by atoms with E-state index in [1.807, 2.05) is 30.0 Å². The van der Waals surface area contributed by atoms with E-state index in [0.29, 0.717) is 29.7 Å². The topological polar surface area (TPSA) is 61.4 Å². The molecule has 0 atom stereocenters. The van der Waals surface area contributed by atoms with E-state index in [4.69, 9.17) is 16.6 Å². The van der Waals surface area contributed by atoms with E-state index in [1.54, 1.807) is 12.1 Å². The van der Waals surface area contributed by atoms with Crippen molar-refractivity contribution in [2.45, 2.75) is 45.1 Å². The minimum absolute atomic E-state index is 0.00577. The van der Waals surface area contributed by atoms with Crippen LogP contribution in [0, 0.1) is 6.92 Å². The van der Waals surface area contributed by atoms with Crippen LogP contribution in [0.5, 0.6) is 0 Å². The van der Waals surface area contributed by atoms with Crippen LogP contribution < -0.4 is 10.2 Å². The van der Waals surface area contributed by atoms with Crippen molar-refractivity contribution in [2.75, 3.05) is 36.4 Å². The predicted octanol–water partition coefficient (Wildman–Crippen LogP) is 4.15. The monoisotopic (exact) mass is 413 g/mol. The lowest BCUT2D eigenvalue weighted by Crippen LogP contribution is -2.49. The van der Waals surface area contributed by atoms with E-state index in [0.717, 1.165) is 30.5 Å². The van der Waals surface area contributed by atoms with Crippen molar-refractivity contribution in [1.29, 1.82) is 0 Å². The summed E-state index contributed by atoms with van der Waals surface area (Å²) in [5.41, 5.74) is 1.53. The van der Waals surface area contributed by atoms with E-state index in [-0.39, 0.29) is 5.91 Å². The summed E-state index contributed by atoms with van der Waals surface area (Å²) in [6.07, 6.45) is 6.26. The van der Waals surface area contributed by atoms with Crippen LogP contribution in [-0.4, -0.2) is 53.0 Å². The van der Waals surface area contributed by atoms with Crippen molar-refractivity contribution in [1.82, 2.24) is 14.9 Å². The molecule has 0 bridgehead atoms. The maximum atomic E-state index is 12.8. The fourth-order valence-electron chi connectivity index (χ4n) is 4.15. The smallest absolute Gasteiger partial charge is 0.255 e. The van der Waals surface area contributed by atoms with E-state index < -0.39 is 0 Å². The summed E-state index contributed by atoms with van der Waals surface area (Å²) in [7, 11) is 0. The molecule has 1 aromatic carbocycles. The summed E-state index contributed by atoms with van der Waals surface area (Å²) in [6, 6.07) is 9.73. The maximum Gasteiger partial charge on any atom is 0.255 e. The van der Waals surface area contributed by atoms with Crippen LogP contribution in [0.25, 0.3) is 0 Å². The summed E-state index contributed by atoms with van der Waals surface area (Å²) in [5, 5.41) is 4.03. The molecular weight excluding hydrogens is 386 g/mol. The number of halogens is 1. The number of hydrogen-bond donors (Lipinski definition) is 1. The second-order valence-electron chi connectivity index (χ2n) is 7.93. The zero-order valence-corrected chi connectivity index (χ0v) is 17.7. The van der Waals surface area contributed by atoms with Gasteiger partial charge in [-0.05, 0) is 31.9 Å². The molecule has 2 heterocycles. The molecule has 0 spiro atoms. The first-order chi connectivity index (χ1) is 14.1. The normalized spacial score (nSPS) is 18.0. The fourth-order valence-corrected chi connectivity index (χ4v) is 4.37. The molecule has 29 heavy (non-hydrogen) atoms. The summed E-state index contributed by atoms with van der Waals surface area (Å²) >= 11 is 6.20. The minimum Gasteiger partial charge on any atom is -0.353 e. The molecule has 1 aromatic heterocycles. The number of piperazine rings is 1. The van der Waals surface area contributed by atoms with Gasteiger partial charge in [-0.1, -0.05) is 43.0 Å². The first-order valence-corrected chi connectivity index (χ1v) is 10.9. The van der Waals surface area contributed by atoms with Crippen molar-refractivity contribution in [2.24, 2.45) is 0 Å². The van der Waals surface area contributed by atoms with Crippen LogP contribution in [0.2, 0.25) is 5.02 Å². The zero-order chi connectivity index (χ0) is 20.2. The molecule has 7 heteroatoms. The van der Waals surface area contributed by atoms with Gasteiger partial charge in [-0.3, -0.25) is 4.79 Å². The Labute approximate surface area is 177 Å². The van der Waals surface area contributed by atoms with Crippen LogP contribution >= 0.6 is 11.6 Å². The SMILES string of the molecule is Cc1cc(N2CCN(C(=O)c3ccccc3Cl)CC2)nc(NC2CCCCC2)n1. The summed E-state index contributed by atoms with van der Waals surface area (Å²) in [5.74, 6) is 1.65. The summed E-state index contributed by atoms with van der Waals surface area (Å²) < 4.78 is 0. The third-order valence-corrected chi connectivity index (χ3v) is 6.10. The molecule has 6 nitrogen and oxygen atoms in total. The molecule has 2 fully saturated rings. The van der Waals surface area contributed by atoms with Crippen molar-refractivity contribution < 1.29 is 4.79 Å². The van der Waals surface area contributed by atoms with Crippen LogP contribution in [0.15, 0.2) is 30.3 Å². The van der Waals surface area contributed by atoms with E-state index in [1.165, 1.54) is 32.1 Å².